The maximum absolute atomic E-state index is 6.14. The van der Waals surface area contributed by atoms with Crippen molar-refractivity contribution in [3.63, 3.8) is 0 Å². The number of nitrogens with one attached hydrogen (secondary N) is 2. The van der Waals surface area contributed by atoms with Crippen LogP contribution in [0, 0.1) is 0 Å². The minimum Gasteiger partial charge on any atom is -0.345 e. The summed E-state index contributed by atoms with van der Waals surface area (Å²) in [6, 6.07) is 8.61. The van der Waals surface area contributed by atoms with E-state index in [1.807, 2.05) is 30.5 Å². The molecule has 94 valence electrons. The van der Waals surface area contributed by atoms with Gasteiger partial charge in [-0.3, -0.25) is 0 Å². The molecular formula is C14H16ClN3. The van der Waals surface area contributed by atoms with Crippen LogP contribution in [-0.4, -0.2) is 16.0 Å². The van der Waals surface area contributed by atoms with E-state index in [4.69, 9.17) is 11.6 Å². The molecule has 0 saturated heterocycles. The highest BCUT2D eigenvalue weighted by molar-refractivity contribution is 6.31. The molecular weight excluding hydrogens is 246 g/mol. The molecule has 0 radical (unpaired) electrons. The molecule has 3 nitrogen and oxygen atoms in total. The molecule has 0 bridgehead atoms. The van der Waals surface area contributed by atoms with E-state index in [0.29, 0.717) is 0 Å². The van der Waals surface area contributed by atoms with Crippen molar-refractivity contribution in [1.29, 1.82) is 0 Å². The second-order valence-electron chi connectivity index (χ2n) is 4.78. The van der Waals surface area contributed by atoms with E-state index in [9.17, 15) is 0 Å². The van der Waals surface area contributed by atoms with Crippen LogP contribution in [0.4, 0.5) is 0 Å². The number of H-pyrrole nitrogens is 1. The van der Waals surface area contributed by atoms with Crippen LogP contribution in [0.2, 0.25) is 5.02 Å². The Balaban J connectivity index is 1.63. The Morgan fingerprint density at radius 2 is 2.17 bits per heavy atom. The molecule has 1 aliphatic carbocycles. The van der Waals surface area contributed by atoms with Crippen molar-refractivity contribution in [2.45, 2.75) is 31.8 Å². The largest absolute Gasteiger partial charge is 0.345 e. The van der Waals surface area contributed by atoms with E-state index in [0.717, 1.165) is 41.1 Å². The lowest BCUT2D eigenvalue weighted by molar-refractivity contribution is 0.676. The molecule has 0 unspecified atom stereocenters. The minimum atomic E-state index is 0.723. The van der Waals surface area contributed by atoms with Crippen LogP contribution in [0.25, 0.3) is 0 Å². The van der Waals surface area contributed by atoms with E-state index in [-0.39, 0.29) is 0 Å². The smallest absolute Gasteiger partial charge is 0.110 e. The monoisotopic (exact) mass is 261 g/mol. The summed E-state index contributed by atoms with van der Waals surface area (Å²) in [7, 11) is 0. The fourth-order valence-electron chi connectivity index (χ4n) is 1.95. The Hall–Kier alpha value is -1.32. The van der Waals surface area contributed by atoms with Gasteiger partial charge in [-0.25, -0.2) is 4.98 Å². The van der Waals surface area contributed by atoms with Crippen LogP contribution in [0.5, 0.6) is 0 Å². The van der Waals surface area contributed by atoms with E-state index >= 15 is 0 Å². The first-order valence-corrected chi connectivity index (χ1v) is 6.68. The standard InChI is InChI=1S/C14H16ClN3/c15-13-4-2-1-3-10(13)7-14-17-9-12(18-14)8-16-11-5-6-11/h1-4,9,11,16H,5-8H2,(H,17,18). The van der Waals surface area contributed by atoms with Gasteiger partial charge in [-0.1, -0.05) is 29.8 Å². The third-order valence-electron chi connectivity index (χ3n) is 3.16. The van der Waals surface area contributed by atoms with E-state index in [2.05, 4.69) is 15.3 Å². The quantitative estimate of drug-likeness (QED) is 0.869. The fourth-order valence-corrected chi connectivity index (χ4v) is 2.15. The highest BCUT2D eigenvalue weighted by atomic mass is 35.5. The summed E-state index contributed by atoms with van der Waals surface area (Å²) < 4.78 is 0. The Morgan fingerprint density at radius 3 is 2.94 bits per heavy atom. The first-order chi connectivity index (χ1) is 8.81. The summed E-state index contributed by atoms with van der Waals surface area (Å²) in [5, 5.41) is 4.26. The molecule has 4 heteroatoms. The zero-order valence-electron chi connectivity index (χ0n) is 10.1. The maximum atomic E-state index is 6.14. The third-order valence-corrected chi connectivity index (χ3v) is 3.52. The third kappa shape index (κ3) is 2.92. The number of hydrogen-bond acceptors (Lipinski definition) is 2. The summed E-state index contributed by atoms with van der Waals surface area (Å²) in [5.74, 6) is 0.968. The molecule has 2 N–H and O–H groups in total. The number of nitrogens with zero attached hydrogens (tertiary/aromatic N) is 1. The van der Waals surface area contributed by atoms with Crippen LogP contribution >= 0.6 is 11.6 Å². The molecule has 3 rings (SSSR count). The van der Waals surface area contributed by atoms with Crippen LogP contribution in [0.15, 0.2) is 30.5 Å². The average Bonchev–Trinajstić information content (AvgIpc) is 3.10. The molecule has 0 aliphatic heterocycles. The molecule has 18 heavy (non-hydrogen) atoms. The molecule has 1 heterocycles. The van der Waals surface area contributed by atoms with E-state index in [1.165, 1.54) is 12.8 Å². The zero-order valence-corrected chi connectivity index (χ0v) is 10.9. The molecule has 1 aromatic carbocycles. The number of hydrogen-bond donors (Lipinski definition) is 2. The second-order valence-corrected chi connectivity index (χ2v) is 5.19. The van der Waals surface area contributed by atoms with Crippen molar-refractivity contribution < 1.29 is 0 Å². The predicted molar refractivity (Wildman–Crippen MR) is 72.7 cm³/mol. The Kier molecular flexibility index (Phi) is 3.35. The zero-order chi connectivity index (χ0) is 12.4. The van der Waals surface area contributed by atoms with Gasteiger partial charge in [-0.05, 0) is 24.5 Å². The SMILES string of the molecule is Clc1ccccc1Cc1ncc(CNC2CC2)[nH]1. The lowest BCUT2D eigenvalue weighted by atomic mass is 10.1. The van der Waals surface area contributed by atoms with Gasteiger partial charge in [0, 0.05) is 35.9 Å². The number of imidazole rings is 1. The lowest BCUT2D eigenvalue weighted by Gasteiger charge is -2.01. The molecule has 0 atom stereocenters. The summed E-state index contributed by atoms with van der Waals surface area (Å²) >= 11 is 6.14. The number of aromatic nitrogens is 2. The first-order valence-electron chi connectivity index (χ1n) is 6.31. The van der Waals surface area contributed by atoms with Gasteiger partial charge in [0.25, 0.3) is 0 Å². The van der Waals surface area contributed by atoms with Crippen LogP contribution < -0.4 is 5.32 Å². The highest BCUT2D eigenvalue weighted by Gasteiger charge is 2.20. The fraction of sp³-hybridized carbons (Fsp3) is 0.357. The number of benzene rings is 1. The molecule has 1 saturated carbocycles. The van der Waals surface area contributed by atoms with E-state index in [1.54, 1.807) is 0 Å². The number of rotatable bonds is 5. The first kappa shape index (κ1) is 11.8. The molecule has 1 fully saturated rings. The summed E-state index contributed by atoms with van der Waals surface area (Å²) in [5.41, 5.74) is 2.25. The van der Waals surface area contributed by atoms with Gasteiger partial charge in [0.15, 0.2) is 0 Å². The van der Waals surface area contributed by atoms with Gasteiger partial charge in [-0.15, -0.1) is 0 Å². The Labute approximate surface area is 112 Å². The average molecular weight is 262 g/mol. The predicted octanol–water partition coefficient (Wildman–Crippen LogP) is 2.91. The van der Waals surface area contributed by atoms with Gasteiger partial charge in [0.1, 0.15) is 5.82 Å². The normalized spacial score (nSPS) is 14.9. The summed E-state index contributed by atoms with van der Waals surface area (Å²) in [6.45, 7) is 0.875. The van der Waals surface area contributed by atoms with Crippen LogP contribution in [-0.2, 0) is 13.0 Å². The number of halogens is 1. The summed E-state index contributed by atoms with van der Waals surface area (Å²) in [6.07, 6.45) is 5.27. The van der Waals surface area contributed by atoms with Crippen molar-refractivity contribution in [1.82, 2.24) is 15.3 Å². The van der Waals surface area contributed by atoms with Crippen molar-refractivity contribution in [3.8, 4) is 0 Å². The lowest BCUT2D eigenvalue weighted by Crippen LogP contribution is -2.15. The van der Waals surface area contributed by atoms with Crippen molar-refractivity contribution >= 4 is 11.6 Å². The van der Waals surface area contributed by atoms with Crippen LogP contribution in [0.3, 0.4) is 0 Å². The topological polar surface area (TPSA) is 40.7 Å². The molecule has 0 amide bonds. The van der Waals surface area contributed by atoms with Gasteiger partial charge < -0.3 is 10.3 Å². The van der Waals surface area contributed by atoms with Gasteiger partial charge >= 0.3 is 0 Å². The molecule has 1 aliphatic rings. The van der Waals surface area contributed by atoms with E-state index < -0.39 is 0 Å². The van der Waals surface area contributed by atoms with Crippen molar-refractivity contribution in [2.75, 3.05) is 0 Å². The van der Waals surface area contributed by atoms with Crippen molar-refractivity contribution in [2.24, 2.45) is 0 Å². The van der Waals surface area contributed by atoms with Gasteiger partial charge in [0.05, 0.1) is 0 Å². The van der Waals surface area contributed by atoms with Gasteiger partial charge in [0.2, 0.25) is 0 Å². The van der Waals surface area contributed by atoms with Gasteiger partial charge in [-0.2, -0.15) is 0 Å². The number of aromatic amines is 1. The van der Waals surface area contributed by atoms with Crippen LogP contribution in [0.1, 0.15) is 29.9 Å². The minimum absolute atomic E-state index is 0.723. The maximum Gasteiger partial charge on any atom is 0.110 e. The molecule has 1 aromatic heterocycles. The summed E-state index contributed by atoms with van der Waals surface area (Å²) in [4.78, 5) is 7.74. The van der Waals surface area contributed by atoms with Crippen molar-refractivity contribution in [3.05, 3.63) is 52.6 Å². The molecule has 2 aromatic rings. The molecule has 0 spiro atoms. The second kappa shape index (κ2) is 5.12. The highest BCUT2D eigenvalue weighted by Crippen LogP contribution is 2.20. The Bertz CT molecular complexity index is 531. The Morgan fingerprint density at radius 1 is 1.33 bits per heavy atom.